The lowest BCUT2D eigenvalue weighted by atomic mass is 10.1. The fourth-order valence-electron chi connectivity index (χ4n) is 3.62. The van der Waals surface area contributed by atoms with Gasteiger partial charge in [0.2, 0.25) is 0 Å². The predicted octanol–water partition coefficient (Wildman–Crippen LogP) is 3.28. The number of nitrogens with zero attached hydrogens (tertiary/aromatic N) is 2. The SMILES string of the molecule is CCOC(=O)c1cc(C(=O)Nc2cc(OC)c(OC)cc2C(=O)N2CCCC2)cc([N+](=O)[O-])c1. The van der Waals surface area contributed by atoms with Crippen LogP contribution in [0.25, 0.3) is 0 Å². The first-order chi connectivity index (χ1) is 16.3. The second-order valence-corrected chi connectivity index (χ2v) is 7.45. The predicted molar refractivity (Wildman–Crippen MR) is 122 cm³/mol. The second kappa shape index (κ2) is 10.6. The molecule has 2 aromatic rings. The van der Waals surface area contributed by atoms with E-state index in [0.29, 0.717) is 18.8 Å². The molecule has 1 aliphatic heterocycles. The van der Waals surface area contributed by atoms with E-state index in [1.807, 2.05) is 0 Å². The number of non-ortho nitro benzene ring substituents is 1. The van der Waals surface area contributed by atoms with Gasteiger partial charge in [0.25, 0.3) is 17.5 Å². The van der Waals surface area contributed by atoms with E-state index < -0.39 is 22.5 Å². The van der Waals surface area contributed by atoms with Gasteiger partial charge in [-0.2, -0.15) is 0 Å². The first-order valence-corrected chi connectivity index (χ1v) is 10.6. The second-order valence-electron chi connectivity index (χ2n) is 7.45. The molecule has 0 unspecified atom stereocenters. The van der Waals surface area contributed by atoms with Crippen LogP contribution in [0.5, 0.6) is 11.5 Å². The van der Waals surface area contributed by atoms with Crippen molar-refractivity contribution in [1.82, 2.24) is 4.90 Å². The van der Waals surface area contributed by atoms with Crippen molar-refractivity contribution < 1.29 is 33.5 Å². The van der Waals surface area contributed by atoms with E-state index in [1.54, 1.807) is 11.8 Å². The van der Waals surface area contributed by atoms with Gasteiger partial charge in [0.05, 0.1) is 42.6 Å². The monoisotopic (exact) mass is 471 g/mol. The van der Waals surface area contributed by atoms with Gasteiger partial charge >= 0.3 is 5.97 Å². The van der Waals surface area contributed by atoms with Crippen LogP contribution in [0.15, 0.2) is 30.3 Å². The molecule has 2 amide bonds. The van der Waals surface area contributed by atoms with E-state index in [4.69, 9.17) is 14.2 Å². The van der Waals surface area contributed by atoms with E-state index in [-0.39, 0.29) is 40.6 Å². The van der Waals surface area contributed by atoms with Crippen molar-refractivity contribution in [3.8, 4) is 11.5 Å². The molecule has 0 aliphatic carbocycles. The number of methoxy groups -OCH3 is 2. The van der Waals surface area contributed by atoms with Crippen molar-refractivity contribution in [3.05, 3.63) is 57.1 Å². The molecule has 11 nitrogen and oxygen atoms in total. The number of amides is 2. The Balaban J connectivity index is 2.02. The molecule has 0 spiro atoms. The summed E-state index contributed by atoms with van der Waals surface area (Å²) in [6.07, 6.45) is 1.76. The lowest BCUT2D eigenvalue weighted by Crippen LogP contribution is -2.29. The van der Waals surface area contributed by atoms with Crippen LogP contribution in [-0.2, 0) is 4.74 Å². The molecule has 1 fully saturated rings. The molecule has 0 radical (unpaired) electrons. The van der Waals surface area contributed by atoms with Crippen molar-refractivity contribution >= 4 is 29.2 Å². The van der Waals surface area contributed by atoms with Crippen LogP contribution in [0.1, 0.15) is 50.8 Å². The maximum atomic E-state index is 13.1. The molecule has 11 heteroatoms. The van der Waals surface area contributed by atoms with Crippen molar-refractivity contribution in [3.63, 3.8) is 0 Å². The maximum Gasteiger partial charge on any atom is 0.338 e. The Labute approximate surface area is 195 Å². The lowest BCUT2D eigenvalue weighted by Gasteiger charge is -2.20. The van der Waals surface area contributed by atoms with E-state index in [9.17, 15) is 24.5 Å². The maximum absolute atomic E-state index is 13.1. The van der Waals surface area contributed by atoms with Crippen LogP contribution in [0.2, 0.25) is 0 Å². The average molecular weight is 471 g/mol. The summed E-state index contributed by atoms with van der Waals surface area (Å²) in [6, 6.07) is 6.20. The number of esters is 1. The molecule has 1 saturated heterocycles. The van der Waals surface area contributed by atoms with Gasteiger partial charge in [-0.1, -0.05) is 0 Å². The Morgan fingerprint density at radius 3 is 2.21 bits per heavy atom. The summed E-state index contributed by atoms with van der Waals surface area (Å²) in [4.78, 5) is 50.7. The van der Waals surface area contributed by atoms with Crippen LogP contribution in [0.4, 0.5) is 11.4 Å². The number of nitro benzene ring substituents is 1. The van der Waals surface area contributed by atoms with Crippen molar-refractivity contribution in [2.75, 3.05) is 39.2 Å². The Morgan fingerprint density at radius 2 is 1.62 bits per heavy atom. The van der Waals surface area contributed by atoms with E-state index in [2.05, 4.69) is 5.32 Å². The number of nitro groups is 1. The van der Waals surface area contributed by atoms with Gasteiger partial charge in [-0.15, -0.1) is 0 Å². The van der Waals surface area contributed by atoms with E-state index >= 15 is 0 Å². The average Bonchev–Trinajstić information content (AvgIpc) is 3.38. The number of benzene rings is 2. The highest BCUT2D eigenvalue weighted by Crippen LogP contribution is 2.35. The van der Waals surface area contributed by atoms with Crippen molar-refractivity contribution in [1.29, 1.82) is 0 Å². The topological polar surface area (TPSA) is 137 Å². The molecule has 0 bridgehead atoms. The minimum atomic E-state index is -0.795. The number of hydrogen-bond donors (Lipinski definition) is 1. The summed E-state index contributed by atoms with van der Waals surface area (Å²) in [7, 11) is 2.85. The zero-order chi connectivity index (χ0) is 24.8. The molecule has 1 aliphatic rings. The number of likely N-dealkylation sites (tertiary alicyclic amines) is 1. The van der Waals surface area contributed by atoms with E-state index in [1.165, 1.54) is 32.4 Å². The molecule has 1 heterocycles. The van der Waals surface area contributed by atoms with Crippen LogP contribution < -0.4 is 14.8 Å². The summed E-state index contributed by atoms with van der Waals surface area (Å²) in [5, 5.41) is 14.0. The zero-order valence-electron chi connectivity index (χ0n) is 19.1. The molecular weight excluding hydrogens is 446 g/mol. The molecule has 34 heavy (non-hydrogen) atoms. The first kappa shape index (κ1) is 24.5. The summed E-state index contributed by atoms with van der Waals surface area (Å²) in [5.41, 5.74) is -0.405. The van der Waals surface area contributed by atoms with Crippen LogP contribution in [-0.4, -0.2) is 61.5 Å². The third kappa shape index (κ3) is 5.25. The number of nitrogens with one attached hydrogen (secondary N) is 1. The molecule has 0 atom stereocenters. The number of hydrogen-bond acceptors (Lipinski definition) is 8. The third-order valence-electron chi connectivity index (χ3n) is 5.30. The number of rotatable bonds is 8. The molecule has 0 aromatic heterocycles. The summed E-state index contributed by atoms with van der Waals surface area (Å²) >= 11 is 0. The highest BCUT2D eigenvalue weighted by atomic mass is 16.6. The highest BCUT2D eigenvalue weighted by molar-refractivity contribution is 6.10. The lowest BCUT2D eigenvalue weighted by molar-refractivity contribution is -0.384. The smallest absolute Gasteiger partial charge is 0.338 e. The van der Waals surface area contributed by atoms with Crippen LogP contribution in [0, 0.1) is 10.1 Å². The highest BCUT2D eigenvalue weighted by Gasteiger charge is 2.26. The minimum absolute atomic E-state index is 0.0661. The Bertz CT molecular complexity index is 1130. The number of anilines is 1. The van der Waals surface area contributed by atoms with Gasteiger partial charge in [-0.25, -0.2) is 4.79 Å². The van der Waals surface area contributed by atoms with Crippen LogP contribution >= 0.6 is 0 Å². The van der Waals surface area contributed by atoms with Crippen molar-refractivity contribution in [2.45, 2.75) is 19.8 Å². The zero-order valence-corrected chi connectivity index (χ0v) is 19.1. The Hall–Kier alpha value is -4.15. The van der Waals surface area contributed by atoms with Gasteiger partial charge in [0, 0.05) is 36.9 Å². The largest absolute Gasteiger partial charge is 0.493 e. The molecular formula is C23H25N3O8. The Morgan fingerprint density at radius 1 is 1.00 bits per heavy atom. The minimum Gasteiger partial charge on any atom is -0.493 e. The van der Waals surface area contributed by atoms with E-state index in [0.717, 1.165) is 25.0 Å². The molecule has 1 N–H and O–H groups in total. The number of carbonyl (C=O) groups excluding carboxylic acids is 3. The summed E-state index contributed by atoms with van der Waals surface area (Å²) in [6.45, 7) is 2.85. The Kier molecular flexibility index (Phi) is 7.67. The number of carbonyl (C=O) groups is 3. The fraction of sp³-hybridized carbons (Fsp3) is 0.348. The first-order valence-electron chi connectivity index (χ1n) is 10.6. The van der Waals surface area contributed by atoms with Gasteiger partial charge in [0.15, 0.2) is 11.5 Å². The van der Waals surface area contributed by atoms with Crippen molar-refractivity contribution in [2.24, 2.45) is 0 Å². The number of ether oxygens (including phenoxy) is 3. The summed E-state index contributed by atoms with van der Waals surface area (Å²) < 4.78 is 15.5. The molecule has 2 aromatic carbocycles. The van der Waals surface area contributed by atoms with Gasteiger partial charge in [0.1, 0.15) is 0 Å². The quantitative estimate of drug-likeness (QED) is 0.352. The normalized spacial score (nSPS) is 12.7. The van der Waals surface area contributed by atoms with Gasteiger partial charge < -0.3 is 24.4 Å². The molecule has 3 rings (SSSR count). The van der Waals surface area contributed by atoms with Gasteiger partial charge in [-0.05, 0) is 31.9 Å². The molecule has 180 valence electrons. The molecule has 0 saturated carbocycles. The standard InChI is InChI=1S/C23H25N3O8/c1-4-34-23(29)15-9-14(10-16(11-15)26(30)31)21(27)24-18-13-20(33-3)19(32-2)12-17(18)22(28)25-7-5-6-8-25/h9-13H,4-8H2,1-3H3,(H,24,27). The summed E-state index contributed by atoms with van der Waals surface area (Å²) in [5.74, 6) is -1.25. The van der Waals surface area contributed by atoms with Gasteiger partial charge in [-0.3, -0.25) is 19.7 Å². The fourth-order valence-corrected chi connectivity index (χ4v) is 3.62. The third-order valence-corrected chi connectivity index (χ3v) is 5.30. The van der Waals surface area contributed by atoms with Crippen LogP contribution in [0.3, 0.4) is 0 Å².